The zero-order valence-electron chi connectivity index (χ0n) is 31.8. The number of carboxylic acid groups (broad SMARTS) is 1. The minimum Gasteiger partial charge on any atom is -0.544 e. The van der Waals surface area contributed by atoms with Gasteiger partial charge in [-0.25, -0.2) is 0 Å². The van der Waals surface area contributed by atoms with Crippen molar-refractivity contribution in [1.82, 2.24) is 0 Å². The number of allylic oxidation sites excluding steroid dienone is 8. The average molecular weight is 690 g/mol. The average Bonchev–Trinajstić information content (AvgIpc) is 3.05. The van der Waals surface area contributed by atoms with E-state index in [1.165, 1.54) is 57.8 Å². The van der Waals surface area contributed by atoms with Crippen LogP contribution in [0.5, 0.6) is 0 Å². The fraction of sp³-hybridized carbons (Fsp3) is 0.732. The zero-order valence-corrected chi connectivity index (χ0v) is 31.8. The highest BCUT2D eigenvalue weighted by molar-refractivity contribution is 5.70. The highest BCUT2D eigenvalue weighted by Gasteiger charge is 2.25. The maximum Gasteiger partial charge on any atom is 0.306 e. The van der Waals surface area contributed by atoms with Gasteiger partial charge in [0.1, 0.15) is 12.6 Å². The second-order valence-corrected chi connectivity index (χ2v) is 13.8. The molecule has 2 atom stereocenters. The third-order valence-electron chi connectivity index (χ3n) is 8.24. The van der Waals surface area contributed by atoms with E-state index in [0.717, 1.165) is 44.9 Å². The molecule has 0 saturated heterocycles. The third kappa shape index (κ3) is 31.0. The smallest absolute Gasteiger partial charge is 0.306 e. The van der Waals surface area contributed by atoms with Crippen LogP contribution in [-0.2, 0) is 28.6 Å². The van der Waals surface area contributed by atoms with Gasteiger partial charge in [-0.15, -0.1) is 0 Å². The fourth-order valence-corrected chi connectivity index (χ4v) is 5.26. The van der Waals surface area contributed by atoms with E-state index in [0.29, 0.717) is 12.8 Å². The second kappa shape index (κ2) is 32.5. The fourth-order valence-electron chi connectivity index (χ4n) is 5.26. The molecule has 0 aliphatic rings. The SMILES string of the molecule is CC/C=C\C/C=C\C/C=C\C/C=C\CCC(=O)OC(COCCC(C(=O)[O-])[N+](C)(C)C)COC(=O)CCCCCCCCCCCCCC. The van der Waals surface area contributed by atoms with E-state index in [4.69, 9.17) is 14.2 Å². The molecule has 0 amide bonds. The van der Waals surface area contributed by atoms with Crippen molar-refractivity contribution in [2.24, 2.45) is 0 Å². The predicted molar refractivity (Wildman–Crippen MR) is 199 cm³/mol. The summed E-state index contributed by atoms with van der Waals surface area (Å²) in [5.74, 6) is -1.84. The van der Waals surface area contributed by atoms with Crippen molar-refractivity contribution in [3.05, 3.63) is 48.6 Å². The Morgan fingerprint density at radius 3 is 1.65 bits per heavy atom. The first-order chi connectivity index (χ1) is 23.6. The van der Waals surface area contributed by atoms with Crippen LogP contribution in [0.25, 0.3) is 0 Å². The number of quaternary nitrogens is 1. The van der Waals surface area contributed by atoms with Gasteiger partial charge in [0.2, 0.25) is 0 Å². The Hall–Kier alpha value is -2.71. The number of esters is 2. The van der Waals surface area contributed by atoms with Gasteiger partial charge in [-0.05, 0) is 38.5 Å². The molecule has 49 heavy (non-hydrogen) atoms. The van der Waals surface area contributed by atoms with Crippen LogP contribution in [-0.4, -0.2) is 75.5 Å². The van der Waals surface area contributed by atoms with Crippen LogP contribution >= 0.6 is 0 Å². The van der Waals surface area contributed by atoms with E-state index >= 15 is 0 Å². The van der Waals surface area contributed by atoms with Crippen LogP contribution < -0.4 is 5.11 Å². The molecule has 0 N–H and O–H groups in total. The standard InChI is InChI=1S/C41H71NO7/c1-6-8-10-12-14-16-18-20-22-24-26-28-30-32-40(44)49-37(35-47-34-33-38(41(45)46)42(3,4)5)36-48-39(43)31-29-27-25-23-21-19-17-15-13-11-9-7-2/h8,10,14,16,20,22,26,28,37-38H,6-7,9,11-13,15,17-19,21,23-25,27,29-36H2,1-5H3/b10-8-,16-14-,22-20-,28-26-. The van der Waals surface area contributed by atoms with E-state index in [-0.39, 0.29) is 43.1 Å². The summed E-state index contributed by atoms with van der Waals surface area (Å²) in [4.78, 5) is 36.6. The Balaban J connectivity index is 4.54. The normalized spacial score (nSPS) is 13.6. The Bertz CT molecular complexity index is 948. The maximum absolute atomic E-state index is 12.6. The minimum absolute atomic E-state index is 0.0124. The first-order valence-electron chi connectivity index (χ1n) is 19.2. The summed E-state index contributed by atoms with van der Waals surface area (Å²) in [6.45, 7) is 4.44. The number of aliphatic carboxylic acids is 1. The van der Waals surface area contributed by atoms with Gasteiger partial charge in [0.15, 0.2) is 6.10 Å². The summed E-state index contributed by atoms with van der Waals surface area (Å²) in [6.07, 6.45) is 35.8. The molecule has 0 rings (SSSR count). The van der Waals surface area contributed by atoms with E-state index in [2.05, 4.69) is 50.3 Å². The maximum atomic E-state index is 12.6. The second-order valence-electron chi connectivity index (χ2n) is 13.8. The third-order valence-corrected chi connectivity index (χ3v) is 8.24. The van der Waals surface area contributed by atoms with Gasteiger partial charge in [-0.3, -0.25) is 9.59 Å². The summed E-state index contributed by atoms with van der Waals surface area (Å²) in [7, 11) is 5.37. The van der Waals surface area contributed by atoms with Gasteiger partial charge >= 0.3 is 11.9 Å². The summed E-state index contributed by atoms with van der Waals surface area (Å²) in [5.41, 5.74) is 0. The van der Waals surface area contributed by atoms with E-state index in [1.807, 2.05) is 12.2 Å². The molecule has 0 heterocycles. The number of carbonyl (C=O) groups excluding carboxylic acids is 3. The van der Waals surface area contributed by atoms with Crippen molar-refractivity contribution >= 4 is 17.9 Å². The minimum atomic E-state index is -1.14. The van der Waals surface area contributed by atoms with Crippen LogP contribution in [0.3, 0.4) is 0 Å². The summed E-state index contributed by atoms with van der Waals surface area (Å²) >= 11 is 0. The molecule has 282 valence electrons. The number of carboxylic acids is 1. The number of hydrogen-bond acceptors (Lipinski definition) is 7. The molecule has 8 heteroatoms. The van der Waals surface area contributed by atoms with Gasteiger partial charge in [0.05, 0.1) is 40.3 Å². The molecule has 0 aliphatic heterocycles. The van der Waals surface area contributed by atoms with Gasteiger partial charge < -0.3 is 28.6 Å². The number of rotatable bonds is 33. The molecular formula is C41H71NO7. The number of carbonyl (C=O) groups is 3. The van der Waals surface area contributed by atoms with Gasteiger partial charge in [-0.1, -0.05) is 133 Å². The topological polar surface area (TPSA) is 102 Å². The molecule has 0 aromatic rings. The molecule has 0 radical (unpaired) electrons. The van der Waals surface area contributed by atoms with Gasteiger partial charge in [0.25, 0.3) is 0 Å². The van der Waals surface area contributed by atoms with Crippen molar-refractivity contribution in [3.8, 4) is 0 Å². The van der Waals surface area contributed by atoms with E-state index in [1.54, 1.807) is 21.1 Å². The van der Waals surface area contributed by atoms with Gasteiger partial charge in [0, 0.05) is 19.3 Å². The Labute approximate surface area is 299 Å². The van der Waals surface area contributed by atoms with Crippen LogP contribution in [0.2, 0.25) is 0 Å². The molecule has 8 nitrogen and oxygen atoms in total. The summed E-state index contributed by atoms with van der Waals surface area (Å²) in [5, 5.41) is 11.6. The van der Waals surface area contributed by atoms with Gasteiger partial charge in [-0.2, -0.15) is 0 Å². The van der Waals surface area contributed by atoms with Crippen molar-refractivity contribution in [3.63, 3.8) is 0 Å². The Morgan fingerprint density at radius 2 is 1.14 bits per heavy atom. The number of ether oxygens (including phenoxy) is 3. The molecule has 0 saturated carbocycles. The lowest BCUT2D eigenvalue weighted by molar-refractivity contribution is -0.889. The molecular weight excluding hydrogens is 618 g/mol. The molecule has 0 spiro atoms. The molecule has 0 fully saturated rings. The highest BCUT2D eigenvalue weighted by Crippen LogP contribution is 2.13. The first-order valence-corrected chi connectivity index (χ1v) is 19.2. The van der Waals surface area contributed by atoms with Crippen molar-refractivity contribution in [2.45, 2.75) is 154 Å². The molecule has 0 aromatic carbocycles. The van der Waals surface area contributed by atoms with Crippen molar-refractivity contribution in [2.75, 3.05) is 41.0 Å². The lowest BCUT2D eigenvalue weighted by Crippen LogP contribution is -2.55. The number of hydrogen-bond donors (Lipinski definition) is 0. The molecule has 0 aliphatic carbocycles. The molecule has 0 aromatic heterocycles. The van der Waals surface area contributed by atoms with E-state index in [9.17, 15) is 19.5 Å². The van der Waals surface area contributed by atoms with Crippen LogP contribution in [0, 0.1) is 0 Å². The number of unbranched alkanes of at least 4 members (excludes halogenated alkanes) is 11. The quantitative estimate of drug-likeness (QED) is 0.0295. The molecule has 2 unspecified atom stereocenters. The monoisotopic (exact) mass is 690 g/mol. The Morgan fingerprint density at radius 1 is 0.633 bits per heavy atom. The zero-order chi connectivity index (χ0) is 36.4. The molecule has 0 bridgehead atoms. The van der Waals surface area contributed by atoms with Crippen LogP contribution in [0.1, 0.15) is 142 Å². The van der Waals surface area contributed by atoms with E-state index < -0.39 is 24.1 Å². The first kappa shape index (κ1) is 46.3. The Kier molecular flexibility index (Phi) is 30.7. The lowest BCUT2D eigenvalue weighted by atomic mass is 10.0. The predicted octanol–water partition coefficient (Wildman–Crippen LogP) is 8.35. The summed E-state index contributed by atoms with van der Waals surface area (Å²) < 4.78 is 17.0. The number of nitrogens with zero attached hydrogens (tertiary/aromatic N) is 1. The summed E-state index contributed by atoms with van der Waals surface area (Å²) in [6, 6.07) is -0.736. The van der Waals surface area contributed by atoms with Crippen molar-refractivity contribution < 1.29 is 38.2 Å². The highest BCUT2D eigenvalue weighted by atomic mass is 16.6. The lowest BCUT2D eigenvalue weighted by Gasteiger charge is -2.34. The number of likely N-dealkylation sites (N-methyl/N-ethyl adjacent to an activating group) is 1. The van der Waals surface area contributed by atoms with Crippen molar-refractivity contribution in [1.29, 1.82) is 0 Å². The van der Waals surface area contributed by atoms with Crippen LogP contribution in [0.4, 0.5) is 0 Å². The van der Waals surface area contributed by atoms with Crippen LogP contribution in [0.15, 0.2) is 48.6 Å². The largest absolute Gasteiger partial charge is 0.544 e.